The van der Waals surface area contributed by atoms with Gasteiger partial charge in [-0.15, -0.1) is 0 Å². The molecule has 0 atom stereocenters. The topological polar surface area (TPSA) is 144 Å². The number of nitrogens with two attached hydrogens (primary N) is 1. The normalized spacial score (nSPS) is 11.5. The lowest BCUT2D eigenvalue weighted by Gasteiger charge is -2.43. The molecule has 0 saturated carbocycles. The number of carbonyl (C=O) groups excluding carboxylic acids is 1. The molecule has 0 spiro atoms. The lowest BCUT2D eigenvalue weighted by atomic mass is 10.2. The molecule has 0 aliphatic heterocycles. The maximum atomic E-state index is 12.7. The minimum atomic E-state index is -2.79. The van der Waals surface area contributed by atoms with Crippen LogP contribution in [0.4, 0.5) is 17.2 Å². The highest BCUT2D eigenvalue weighted by Crippen LogP contribution is 2.36. The fourth-order valence-electron chi connectivity index (χ4n) is 4.16. The van der Waals surface area contributed by atoms with E-state index in [1.807, 2.05) is 36.4 Å². The van der Waals surface area contributed by atoms with Crippen LogP contribution in [0, 0.1) is 21.4 Å². The second-order valence-corrected chi connectivity index (χ2v) is 13.3. The Balaban J connectivity index is 1.83. The van der Waals surface area contributed by atoms with E-state index < -0.39 is 30.5 Å². The number of anilines is 2. The van der Waals surface area contributed by atoms with Gasteiger partial charge >= 0.3 is 5.69 Å². The van der Waals surface area contributed by atoms with Crippen molar-refractivity contribution in [1.29, 1.82) is 5.26 Å². The average Bonchev–Trinajstić information content (AvgIpc) is 2.81. The molecular weight excluding hydrogens is 462 g/mol. The third kappa shape index (κ3) is 5.37. The molecule has 3 N–H and O–H groups in total. The standard InChI is InChI=1S/C25H27N5O4Si/c1-25(2,3)35(18-10-6-4-7-11-18,19-12-8-5-9-13-19)34-15-14-23(31)29-22-16-20(27)24(30(32)33)21(17-26)28-22/h4-13,16H,14-15H2,1-3H3,(H3,27,28,29,31). The van der Waals surface area contributed by atoms with Gasteiger partial charge in [-0.25, -0.2) is 4.98 Å². The lowest BCUT2D eigenvalue weighted by Crippen LogP contribution is -2.66. The van der Waals surface area contributed by atoms with Crippen molar-refractivity contribution in [2.45, 2.75) is 32.2 Å². The van der Waals surface area contributed by atoms with Crippen LogP contribution in [0.1, 0.15) is 32.9 Å². The number of carbonyl (C=O) groups is 1. The van der Waals surface area contributed by atoms with Crippen LogP contribution in [-0.2, 0) is 9.22 Å². The van der Waals surface area contributed by atoms with Crippen molar-refractivity contribution in [3.63, 3.8) is 0 Å². The Hall–Kier alpha value is -4.07. The molecule has 9 nitrogen and oxygen atoms in total. The summed E-state index contributed by atoms with van der Waals surface area (Å²) >= 11 is 0. The summed E-state index contributed by atoms with van der Waals surface area (Å²) in [7, 11) is -2.79. The number of nitrogens with zero attached hydrogens (tertiary/aromatic N) is 3. The predicted molar refractivity (Wildman–Crippen MR) is 137 cm³/mol. The van der Waals surface area contributed by atoms with Gasteiger partial charge in [0.05, 0.1) is 4.92 Å². The van der Waals surface area contributed by atoms with Crippen molar-refractivity contribution < 1.29 is 14.1 Å². The van der Waals surface area contributed by atoms with E-state index in [4.69, 9.17) is 10.2 Å². The van der Waals surface area contributed by atoms with Crippen molar-refractivity contribution in [2.24, 2.45) is 0 Å². The Morgan fingerprint density at radius 1 is 1.14 bits per heavy atom. The second-order valence-electron chi connectivity index (χ2n) is 8.97. The first-order valence-electron chi connectivity index (χ1n) is 11.0. The van der Waals surface area contributed by atoms with Gasteiger partial charge in [0.25, 0.3) is 8.32 Å². The van der Waals surface area contributed by atoms with Crippen LogP contribution in [0.2, 0.25) is 5.04 Å². The predicted octanol–water partition coefficient (Wildman–Crippen LogP) is 3.35. The van der Waals surface area contributed by atoms with E-state index in [-0.39, 0.29) is 29.6 Å². The fraction of sp³-hybridized carbons (Fsp3) is 0.240. The molecule has 2 aromatic carbocycles. The number of rotatable bonds is 8. The number of nitriles is 1. The van der Waals surface area contributed by atoms with Crippen LogP contribution in [-0.4, -0.2) is 30.7 Å². The first kappa shape index (κ1) is 25.5. The first-order chi connectivity index (χ1) is 16.6. The molecule has 180 valence electrons. The van der Waals surface area contributed by atoms with Crippen molar-refractivity contribution in [3.05, 3.63) is 82.5 Å². The molecule has 1 aromatic heterocycles. The van der Waals surface area contributed by atoms with Gasteiger partial charge in [0.1, 0.15) is 17.6 Å². The molecule has 3 aromatic rings. The molecule has 10 heteroatoms. The molecular formula is C25H27N5O4Si. The van der Waals surface area contributed by atoms with E-state index in [2.05, 4.69) is 55.3 Å². The molecule has 0 bridgehead atoms. The number of nitro groups is 1. The molecule has 1 amide bonds. The van der Waals surface area contributed by atoms with Crippen LogP contribution in [0.5, 0.6) is 0 Å². The number of amides is 1. The highest BCUT2D eigenvalue weighted by molar-refractivity contribution is 6.99. The van der Waals surface area contributed by atoms with Gasteiger partial charge in [-0.3, -0.25) is 14.9 Å². The van der Waals surface area contributed by atoms with E-state index in [0.717, 1.165) is 10.4 Å². The summed E-state index contributed by atoms with van der Waals surface area (Å²) in [6, 6.07) is 22.9. The Morgan fingerprint density at radius 3 is 2.14 bits per heavy atom. The molecule has 1 heterocycles. The van der Waals surface area contributed by atoms with Gasteiger partial charge in [0.15, 0.2) is 0 Å². The highest BCUT2D eigenvalue weighted by atomic mass is 28.4. The summed E-state index contributed by atoms with van der Waals surface area (Å²) < 4.78 is 6.69. The van der Waals surface area contributed by atoms with Gasteiger partial charge in [-0.05, 0) is 15.4 Å². The molecule has 3 rings (SSSR count). The Kier molecular flexibility index (Phi) is 7.64. The Labute approximate surface area is 204 Å². The summed E-state index contributed by atoms with van der Waals surface area (Å²) in [5.41, 5.74) is 4.41. The highest BCUT2D eigenvalue weighted by Gasteiger charge is 2.50. The average molecular weight is 490 g/mol. The van der Waals surface area contributed by atoms with Crippen LogP contribution in [0.15, 0.2) is 66.7 Å². The molecule has 0 radical (unpaired) electrons. The SMILES string of the molecule is CC(C)(C)[Si](OCCC(=O)Nc1cc(N)c([N+](=O)[O-])c(C#N)n1)(c1ccccc1)c1ccccc1. The van der Waals surface area contributed by atoms with E-state index in [0.29, 0.717) is 0 Å². The van der Waals surface area contributed by atoms with Crippen molar-refractivity contribution >= 4 is 41.8 Å². The third-order valence-corrected chi connectivity index (χ3v) is 10.7. The monoisotopic (exact) mass is 489 g/mol. The quantitative estimate of drug-likeness (QED) is 0.280. The number of nitrogen functional groups attached to an aromatic ring is 1. The number of nitrogens with one attached hydrogen (secondary N) is 1. The van der Waals surface area contributed by atoms with Crippen LogP contribution < -0.4 is 21.4 Å². The van der Waals surface area contributed by atoms with Crippen molar-refractivity contribution in [2.75, 3.05) is 17.7 Å². The molecule has 35 heavy (non-hydrogen) atoms. The zero-order valence-corrected chi connectivity index (χ0v) is 20.8. The van der Waals surface area contributed by atoms with Gasteiger partial charge in [0, 0.05) is 19.1 Å². The Bertz CT molecular complexity index is 1220. The molecule has 0 fully saturated rings. The fourth-order valence-corrected chi connectivity index (χ4v) is 8.72. The van der Waals surface area contributed by atoms with Crippen LogP contribution in [0.3, 0.4) is 0 Å². The maximum Gasteiger partial charge on any atom is 0.328 e. The molecule has 0 aliphatic carbocycles. The third-order valence-electron chi connectivity index (χ3n) is 5.64. The Morgan fingerprint density at radius 2 is 1.69 bits per heavy atom. The van der Waals surface area contributed by atoms with Crippen LogP contribution in [0.25, 0.3) is 0 Å². The smallest absolute Gasteiger partial charge is 0.328 e. The number of aromatic nitrogens is 1. The largest absolute Gasteiger partial charge is 0.407 e. The number of pyridine rings is 1. The minimum Gasteiger partial charge on any atom is -0.407 e. The molecule has 0 unspecified atom stereocenters. The van der Waals surface area contributed by atoms with Gasteiger partial charge in [-0.1, -0.05) is 81.4 Å². The van der Waals surface area contributed by atoms with E-state index in [1.165, 1.54) is 6.07 Å². The van der Waals surface area contributed by atoms with Gasteiger partial charge in [0.2, 0.25) is 11.6 Å². The van der Waals surface area contributed by atoms with Crippen molar-refractivity contribution in [3.8, 4) is 6.07 Å². The van der Waals surface area contributed by atoms with Gasteiger partial charge in [-0.2, -0.15) is 5.26 Å². The minimum absolute atomic E-state index is 0.0188. The molecule has 0 saturated heterocycles. The van der Waals surface area contributed by atoms with E-state index in [1.54, 1.807) is 6.07 Å². The summed E-state index contributed by atoms with van der Waals surface area (Å²) in [6.07, 6.45) is 0.0188. The molecule has 0 aliphatic rings. The van der Waals surface area contributed by atoms with Crippen molar-refractivity contribution in [1.82, 2.24) is 4.98 Å². The summed E-state index contributed by atoms with van der Waals surface area (Å²) in [6.45, 7) is 6.58. The number of benzene rings is 2. The van der Waals surface area contributed by atoms with E-state index in [9.17, 15) is 20.2 Å². The lowest BCUT2D eigenvalue weighted by molar-refractivity contribution is -0.384. The zero-order valence-electron chi connectivity index (χ0n) is 19.8. The second kappa shape index (κ2) is 10.5. The number of hydrogen-bond donors (Lipinski definition) is 2. The summed E-state index contributed by atoms with van der Waals surface area (Å²) in [5.74, 6) is -0.437. The van der Waals surface area contributed by atoms with Crippen LogP contribution >= 0.6 is 0 Å². The summed E-state index contributed by atoms with van der Waals surface area (Å²) in [5, 5.41) is 24.8. The summed E-state index contributed by atoms with van der Waals surface area (Å²) in [4.78, 5) is 26.9. The zero-order chi connectivity index (χ0) is 25.6. The maximum absolute atomic E-state index is 12.7. The first-order valence-corrected chi connectivity index (χ1v) is 12.9. The van der Waals surface area contributed by atoms with E-state index >= 15 is 0 Å². The number of hydrogen-bond acceptors (Lipinski definition) is 7. The van der Waals surface area contributed by atoms with Gasteiger partial charge < -0.3 is 15.5 Å².